The second kappa shape index (κ2) is 5.20. The van der Waals surface area contributed by atoms with Gasteiger partial charge in [0.1, 0.15) is 6.61 Å². The zero-order chi connectivity index (χ0) is 14.0. The van der Waals surface area contributed by atoms with Crippen molar-refractivity contribution in [2.75, 3.05) is 13.2 Å². The smallest absolute Gasteiger partial charge is 0.482 e. The Labute approximate surface area is 109 Å². The first-order valence-electron chi connectivity index (χ1n) is 4.90. The van der Waals surface area contributed by atoms with Gasteiger partial charge in [0.25, 0.3) is 0 Å². The van der Waals surface area contributed by atoms with Crippen LogP contribution in [0.4, 0.5) is 9.59 Å². The molecule has 9 nitrogen and oxygen atoms in total. The summed E-state index contributed by atoms with van der Waals surface area (Å²) in [4.78, 5) is 21.0. The van der Waals surface area contributed by atoms with E-state index < -0.39 is 18.4 Å². The number of carboxylic acid groups (broad SMARTS) is 2. The largest absolute Gasteiger partial charge is 0.512 e. The van der Waals surface area contributed by atoms with E-state index in [0.717, 1.165) is 0 Å². The van der Waals surface area contributed by atoms with E-state index in [1.807, 2.05) is 0 Å². The molecule has 0 aliphatic carbocycles. The number of hydrogen-bond donors (Lipinski definition) is 3. The second-order valence-electron chi connectivity index (χ2n) is 3.30. The highest BCUT2D eigenvalue weighted by molar-refractivity contribution is 7.16. The van der Waals surface area contributed by atoms with Crippen molar-refractivity contribution >= 4 is 23.6 Å². The molecule has 1 aromatic heterocycles. The van der Waals surface area contributed by atoms with E-state index >= 15 is 0 Å². The minimum Gasteiger partial charge on any atom is -0.482 e. The van der Waals surface area contributed by atoms with Crippen molar-refractivity contribution in [1.82, 2.24) is 0 Å². The lowest BCUT2D eigenvalue weighted by Crippen LogP contribution is -2.32. The maximum Gasteiger partial charge on any atom is 0.512 e. The van der Waals surface area contributed by atoms with Gasteiger partial charge in [-0.15, -0.1) is 0 Å². The molecule has 0 bridgehead atoms. The molecular formula is C9H8O9S. The average molecular weight is 292 g/mol. The molecule has 10 heteroatoms. The number of carbonyl (C=O) groups is 2. The van der Waals surface area contributed by atoms with Gasteiger partial charge in [0.2, 0.25) is 21.6 Å². The van der Waals surface area contributed by atoms with Crippen molar-refractivity contribution in [1.29, 1.82) is 0 Å². The number of hydrogen-bond acceptors (Lipinski definition) is 8. The normalized spacial score (nSPS) is 16.8. The Morgan fingerprint density at radius 1 is 1.21 bits per heavy atom. The fraction of sp³-hybridized carbons (Fsp3) is 0.333. The third kappa shape index (κ3) is 2.80. The van der Waals surface area contributed by atoms with Crippen molar-refractivity contribution in [2.24, 2.45) is 0 Å². The first-order chi connectivity index (χ1) is 9.01. The van der Waals surface area contributed by atoms with Gasteiger partial charge in [0, 0.05) is 0 Å². The third-order valence-corrected chi connectivity index (χ3v) is 2.93. The van der Waals surface area contributed by atoms with Gasteiger partial charge < -0.3 is 34.3 Å². The standard InChI is InChI=1S/C9H8O9S/c10-1-3-2-15-4-5(16-3)7(18-9(13)14)19-6(4)17-8(11)12/h3,10H,1-2H2,(H,11,12)(H,13,14). The maximum atomic E-state index is 10.5. The van der Waals surface area contributed by atoms with E-state index in [1.54, 1.807) is 0 Å². The zero-order valence-corrected chi connectivity index (χ0v) is 10.0. The molecule has 0 amide bonds. The van der Waals surface area contributed by atoms with Crippen LogP contribution in [0, 0.1) is 0 Å². The van der Waals surface area contributed by atoms with Crippen molar-refractivity contribution in [3.63, 3.8) is 0 Å². The molecule has 1 aromatic rings. The van der Waals surface area contributed by atoms with Crippen LogP contribution in [-0.4, -0.2) is 46.9 Å². The molecule has 1 atom stereocenters. The molecule has 0 saturated heterocycles. The number of rotatable bonds is 3. The van der Waals surface area contributed by atoms with Crippen molar-refractivity contribution in [2.45, 2.75) is 6.10 Å². The van der Waals surface area contributed by atoms with Crippen LogP contribution in [0.5, 0.6) is 21.6 Å². The van der Waals surface area contributed by atoms with Crippen LogP contribution in [0.3, 0.4) is 0 Å². The highest BCUT2D eigenvalue weighted by Crippen LogP contribution is 2.55. The maximum absolute atomic E-state index is 10.5. The number of ether oxygens (including phenoxy) is 4. The van der Waals surface area contributed by atoms with E-state index in [4.69, 9.17) is 24.8 Å². The first-order valence-corrected chi connectivity index (χ1v) is 5.71. The molecule has 0 saturated carbocycles. The molecule has 19 heavy (non-hydrogen) atoms. The summed E-state index contributed by atoms with van der Waals surface area (Å²) >= 11 is 0.607. The van der Waals surface area contributed by atoms with Crippen LogP contribution in [0.2, 0.25) is 0 Å². The fourth-order valence-electron chi connectivity index (χ4n) is 1.35. The summed E-state index contributed by atoms with van der Waals surface area (Å²) in [6.45, 7) is -0.375. The topological polar surface area (TPSA) is 132 Å². The first kappa shape index (κ1) is 13.2. The molecule has 104 valence electrons. The van der Waals surface area contributed by atoms with Crippen molar-refractivity contribution in [3.05, 3.63) is 0 Å². The number of aliphatic hydroxyl groups is 1. The van der Waals surface area contributed by atoms with Crippen molar-refractivity contribution in [3.8, 4) is 21.6 Å². The Morgan fingerprint density at radius 3 is 2.32 bits per heavy atom. The van der Waals surface area contributed by atoms with E-state index in [0.29, 0.717) is 11.3 Å². The summed E-state index contributed by atoms with van der Waals surface area (Å²) in [5.41, 5.74) is 0. The second-order valence-corrected chi connectivity index (χ2v) is 4.25. The molecule has 1 unspecified atom stereocenters. The summed E-state index contributed by atoms with van der Waals surface area (Å²) in [5.74, 6) is -0.165. The lowest BCUT2D eigenvalue weighted by Gasteiger charge is -2.23. The van der Waals surface area contributed by atoms with E-state index in [-0.39, 0.29) is 34.8 Å². The summed E-state index contributed by atoms with van der Waals surface area (Å²) in [6, 6.07) is 0. The van der Waals surface area contributed by atoms with Crippen LogP contribution in [-0.2, 0) is 0 Å². The van der Waals surface area contributed by atoms with Crippen molar-refractivity contribution < 1.29 is 43.9 Å². The quantitative estimate of drug-likeness (QED) is 0.697. The molecular weight excluding hydrogens is 284 g/mol. The van der Waals surface area contributed by atoms with E-state index in [2.05, 4.69) is 9.47 Å². The molecule has 0 aromatic carbocycles. The van der Waals surface area contributed by atoms with E-state index in [9.17, 15) is 9.59 Å². The summed E-state index contributed by atoms with van der Waals surface area (Å²) in [7, 11) is 0. The van der Waals surface area contributed by atoms with Crippen LogP contribution in [0.25, 0.3) is 0 Å². The Morgan fingerprint density at radius 2 is 1.79 bits per heavy atom. The van der Waals surface area contributed by atoms with Crippen LogP contribution >= 0.6 is 11.3 Å². The lowest BCUT2D eigenvalue weighted by atomic mass is 10.3. The summed E-state index contributed by atoms with van der Waals surface area (Å²) in [6.07, 6.45) is -3.88. The van der Waals surface area contributed by atoms with Gasteiger partial charge in [0.05, 0.1) is 6.61 Å². The Bertz CT molecular complexity index is 508. The molecule has 3 N–H and O–H groups in total. The SMILES string of the molecule is O=C(O)Oc1sc(OC(=O)O)c2c1OCC(CO)O2. The fourth-order valence-corrected chi connectivity index (χ4v) is 2.22. The Hall–Kier alpha value is -2.20. The van der Waals surface area contributed by atoms with Gasteiger partial charge in [-0.3, -0.25) is 0 Å². The predicted molar refractivity (Wildman–Crippen MR) is 58.6 cm³/mol. The molecule has 1 aliphatic heterocycles. The zero-order valence-electron chi connectivity index (χ0n) is 9.19. The minimum absolute atomic E-state index is 0.0251. The molecule has 0 fully saturated rings. The molecule has 0 radical (unpaired) electrons. The monoisotopic (exact) mass is 292 g/mol. The average Bonchev–Trinajstić information content (AvgIpc) is 2.65. The van der Waals surface area contributed by atoms with Gasteiger partial charge >= 0.3 is 12.3 Å². The molecule has 1 aliphatic rings. The highest BCUT2D eigenvalue weighted by Gasteiger charge is 2.33. The lowest BCUT2D eigenvalue weighted by molar-refractivity contribution is 0.0421. The predicted octanol–water partition coefficient (Wildman–Crippen LogP) is 0.994. The Balaban J connectivity index is 2.35. The Kier molecular flexibility index (Phi) is 3.62. The van der Waals surface area contributed by atoms with Crippen LogP contribution in [0.1, 0.15) is 0 Å². The van der Waals surface area contributed by atoms with Gasteiger partial charge in [-0.25, -0.2) is 9.59 Å². The third-order valence-electron chi connectivity index (χ3n) is 2.02. The number of fused-ring (bicyclic) bond motifs is 1. The van der Waals surface area contributed by atoms with Gasteiger partial charge in [0.15, 0.2) is 6.10 Å². The van der Waals surface area contributed by atoms with Gasteiger partial charge in [-0.05, 0) is 0 Å². The minimum atomic E-state index is -1.60. The highest BCUT2D eigenvalue weighted by atomic mass is 32.1. The molecule has 0 spiro atoms. The van der Waals surface area contributed by atoms with E-state index in [1.165, 1.54) is 0 Å². The molecule has 2 heterocycles. The number of aliphatic hydroxyl groups excluding tert-OH is 1. The van der Waals surface area contributed by atoms with Crippen LogP contribution in [0.15, 0.2) is 0 Å². The van der Waals surface area contributed by atoms with Crippen LogP contribution < -0.4 is 18.9 Å². The summed E-state index contributed by atoms with van der Waals surface area (Å²) < 4.78 is 19.3. The van der Waals surface area contributed by atoms with Gasteiger partial charge in [-0.1, -0.05) is 11.3 Å². The molecule has 2 rings (SSSR count). The van der Waals surface area contributed by atoms with Gasteiger partial charge in [-0.2, -0.15) is 0 Å². The summed E-state index contributed by atoms with van der Waals surface area (Å²) in [5, 5.41) is 25.6. The number of thiophene rings is 1.